The van der Waals surface area contributed by atoms with Crippen molar-refractivity contribution in [3.63, 3.8) is 0 Å². The summed E-state index contributed by atoms with van der Waals surface area (Å²) in [6, 6.07) is 11.2. The summed E-state index contributed by atoms with van der Waals surface area (Å²) in [7, 11) is -2.32. The largest absolute Gasteiger partial charge is 0.497 e. The number of anilines is 1. The molecule has 4 rings (SSSR count). The van der Waals surface area contributed by atoms with Gasteiger partial charge in [0.2, 0.25) is 15.9 Å². The van der Waals surface area contributed by atoms with Gasteiger partial charge in [0.15, 0.2) is 5.13 Å². The van der Waals surface area contributed by atoms with Crippen LogP contribution in [0.1, 0.15) is 17.7 Å². The molecular weight excluding hydrogens is 453 g/mol. The zero-order chi connectivity index (χ0) is 22.9. The molecule has 1 saturated heterocycles. The summed E-state index contributed by atoms with van der Waals surface area (Å²) in [4.78, 5) is 18.4. The molecular formula is C22H22FN3O4S2. The van der Waals surface area contributed by atoms with E-state index in [1.807, 2.05) is 31.2 Å². The maximum Gasteiger partial charge on any atom is 0.244 e. The number of benzene rings is 2. The summed E-state index contributed by atoms with van der Waals surface area (Å²) in [6.07, 6.45) is 0.967. The molecule has 1 aliphatic rings. The normalized spacial score (nSPS) is 16.8. The van der Waals surface area contributed by atoms with Gasteiger partial charge in [-0.15, -0.1) is 11.3 Å². The third kappa shape index (κ3) is 4.38. The molecule has 1 fully saturated rings. The summed E-state index contributed by atoms with van der Waals surface area (Å²) < 4.78 is 45.6. The van der Waals surface area contributed by atoms with E-state index in [-0.39, 0.29) is 11.4 Å². The molecule has 10 heteroatoms. The number of carbonyl (C=O) groups is 1. The lowest BCUT2D eigenvalue weighted by molar-refractivity contribution is -0.119. The van der Waals surface area contributed by atoms with Crippen molar-refractivity contribution in [3.8, 4) is 17.0 Å². The third-order valence-corrected chi connectivity index (χ3v) is 8.13. The van der Waals surface area contributed by atoms with Crippen LogP contribution in [0.15, 0.2) is 53.4 Å². The number of aromatic nitrogens is 1. The number of amides is 1. The molecule has 7 nitrogen and oxygen atoms in total. The highest BCUT2D eigenvalue weighted by Gasteiger charge is 2.39. The number of rotatable bonds is 6. The average molecular weight is 476 g/mol. The Bertz CT molecular complexity index is 1230. The number of halogens is 1. The van der Waals surface area contributed by atoms with Gasteiger partial charge in [-0.05, 0) is 68.3 Å². The molecule has 0 saturated carbocycles. The number of nitrogens with one attached hydrogen (secondary N) is 1. The fourth-order valence-corrected chi connectivity index (χ4v) is 6.18. The highest BCUT2D eigenvalue weighted by atomic mass is 32.2. The minimum absolute atomic E-state index is 0.0366. The molecule has 32 heavy (non-hydrogen) atoms. The van der Waals surface area contributed by atoms with Crippen LogP contribution in [0.25, 0.3) is 11.3 Å². The first-order valence-electron chi connectivity index (χ1n) is 10.00. The average Bonchev–Trinajstić information content (AvgIpc) is 3.41. The minimum atomic E-state index is -3.92. The SMILES string of the molecule is COc1ccc(-c2nc(NC(=O)C3CCCN3S(=O)(=O)c3ccc(F)cc3)sc2C)cc1. The molecule has 1 atom stereocenters. The van der Waals surface area contributed by atoms with E-state index >= 15 is 0 Å². The van der Waals surface area contributed by atoms with E-state index in [1.165, 1.54) is 27.8 Å². The lowest BCUT2D eigenvalue weighted by Crippen LogP contribution is -2.43. The van der Waals surface area contributed by atoms with Crippen LogP contribution < -0.4 is 10.1 Å². The van der Waals surface area contributed by atoms with E-state index in [4.69, 9.17) is 4.74 Å². The van der Waals surface area contributed by atoms with Gasteiger partial charge >= 0.3 is 0 Å². The Labute approximate surface area is 189 Å². The standard InChI is InChI=1S/C22H22FN3O4S2/c1-14-20(15-5-9-17(30-2)10-6-15)24-22(31-14)25-21(27)19-4-3-13-26(19)32(28,29)18-11-7-16(23)8-12-18/h5-12,19H,3-4,13H2,1-2H3,(H,24,25,27). The van der Waals surface area contributed by atoms with E-state index in [0.29, 0.717) is 18.0 Å². The number of hydrogen-bond acceptors (Lipinski definition) is 6. The van der Waals surface area contributed by atoms with E-state index in [1.54, 1.807) is 7.11 Å². The number of hydrogen-bond donors (Lipinski definition) is 1. The highest BCUT2D eigenvalue weighted by Crippen LogP contribution is 2.32. The molecule has 1 amide bonds. The predicted molar refractivity (Wildman–Crippen MR) is 121 cm³/mol. The molecule has 2 heterocycles. The second-order valence-corrected chi connectivity index (χ2v) is 10.5. The highest BCUT2D eigenvalue weighted by molar-refractivity contribution is 7.89. The summed E-state index contributed by atoms with van der Waals surface area (Å²) in [6.45, 7) is 2.14. The Hall–Kier alpha value is -2.82. The molecule has 1 unspecified atom stereocenters. The first-order valence-corrected chi connectivity index (χ1v) is 12.3. The van der Waals surface area contributed by atoms with Gasteiger partial charge in [0.1, 0.15) is 17.6 Å². The van der Waals surface area contributed by atoms with Crippen molar-refractivity contribution < 1.29 is 22.3 Å². The van der Waals surface area contributed by atoms with Gasteiger partial charge < -0.3 is 10.1 Å². The number of methoxy groups -OCH3 is 1. The molecule has 2 aromatic carbocycles. The van der Waals surface area contributed by atoms with Crippen LogP contribution in [-0.4, -0.2) is 43.3 Å². The van der Waals surface area contributed by atoms with Crippen LogP contribution in [0.2, 0.25) is 0 Å². The Morgan fingerprint density at radius 2 is 1.88 bits per heavy atom. The fraction of sp³-hybridized carbons (Fsp3) is 0.273. The molecule has 0 aliphatic carbocycles. The fourth-order valence-electron chi connectivity index (χ4n) is 3.69. The zero-order valence-electron chi connectivity index (χ0n) is 17.5. The Morgan fingerprint density at radius 3 is 2.53 bits per heavy atom. The summed E-state index contributed by atoms with van der Waals surface area (Å²) in [5.74, 6) is -0.214. The van der Waals surface area contributed by atoms with Crippen LogP contribution >= 0.6 is 11.3 Å². The van der Waals surface area contributed by atoms with Gasteiger partial charge in [-0.1, -0.05) is 0 Å². The van der Waals surface area contributed by atoms with Crippen molar-refractivity contribution in [1.29, 1.82) is 0 Å². The van der Waals surface area contributed by atoms with Gasteiger partial charge in [0.25, 0.3) is 0 Å². The monoisotopic (exact) mass is 475 g/mol. The van der Waals surface area contributed by atoms with Crippen molar-refractivity contribution in [2.45, 2.75) is 30.7 Å². The third-order valence-electron chi connectivity index (χ3n) is 5.32. The lowest BCUT2D eigenvalue weighted by Gasteiger charge is -2.23. The zero-order valence-corrected chi connectivity index (χ0v) is 19.2. The van der Waals surface area contributed by atoms with Gasteiger partial charge in [-0.3, -0.25) is 4.79 Å². The maximum atomic E-state index is 13.2. The van der Waals surface area contributed by atoms with Crippen LogP contribution in [0.4, 0.5) is 9.52 Å². The molecule has 0 radical (unpaired) electrons. The van der Waals surface area contributed by atoms with E-state index < -0.39 is 27.8 Å². The van der Waals surface area contributed by atoms with E-state index in [0.717, 1.165) is 34.0 Å². The Balaban J connectivity index is 1.52. The van der Waals surface area contributed by atoms with Gasteiger partial charge in [0.05, 0.1) is 17.7 Å². The summed E-state index contributed by atoms with van der Waals surface area (Å²) in [5, 5.41) is 3.18. The predicted octanol–water partition coefficient (Wildman–Crippen LogP) is 4.06. The van der Waals surface area contributed by atoms with E-state index in [9.17, 15) is 17.6 Å². The number of carbonyl (C=O) groups excluding carboxylic acids is 1. The van der Waals surface area contributed by atoms with Gasteiger partial charge in [-0.25, -0.2) is 17.8 Å². The van der Waals surface area contributed by atoms with Crippen molar-refractivity contribution in [2.75, 3.05) is 19.0 Å². The van der Waals surface area contributed by atoms with E-state index in [2.05, 4.69) is 10.3 Å². The number of ether oxygens (including phenoxy) is 1. The molecule has 1 aliphatic heterocycles. The Kier molecular flexibility index (Phi) is 6.27. The first kappa shape index (κ1) is 22.4. The quantitative estimate of drug-likeness (QED) is 0.581. The summed E-state index contributed by atoms with van der Waals surface area (Å²) in [5.41, 5.74) is 1.64. The van der Waals surface area contributed by atoms with Gasteiger partial charge in [0, 0.05) is 17.0 Å². The topological polar surface area (TPSA) is 88.6 Å². The van der Waals surface area contributed by atoms with Gasteiger partial charge in [-0.2, -0.15) is 4.31 Å². The number of sulfonamides is 1. The number of thiazole rings is 1. The van der Waals surface area contributed by atoms with Crippen molar-refractivity contribution in [3.05, 3.63) is 59.2 Å². The smallest absolute Gasteiger partial charge is 0.244 e. The molecule has 1 aromatic heterocycles. The molecule has 168 valence electrons. The van der Waals surface area contributed by atoms with Crippen LogP contribution in [0.5, 0.6) is 5.75 Å². The number of nitrogens with zero attached hydrogens (tertiary/aromatic N) is 2. The minimum Gasteiger partial charge on any atom is -0.497 e. The van der Waals surface area contributed by atoms with Crippen LogP contribution in [0, 0.1) is 12.7 Å². The lowest BCUT2D eigenvalue weighted by atomic mass is 10.1. The first-order chi connectivity index (χ1) is 15.3. The molecule has 0 spiro atoms. The molecule has 3 aromatic rings. The van der Waals surface area contributed by atoms with Crippen molar-refractivity contribution in [2.24, 2.45) is 0 Å². The van der Waals surface area contributed by atoms with Crippen LogP contribution in [-0.2, 0) is 14.8 Å². The number of aryl methyl sites for hydroxylation is 1. The Morgan fingerprint density at radius 1 is 1.19 bits per heavy atom. The maximum absolute atomic E-state index is 13.2. The second kappa shape index (κ2) is 8.97. The van der Waals surface area contributed by atoms with Crippen molar-refractivity contribution >= 4 is 32.4 Å². The summed E-state index contributed by atoms with van der Waals surface area (Å²) >= 11 is 1.33. The van der Waals surface area contributed by atoms with Crippen LogP contribution in [0.3, 0.4) is 0 Å². The molecule has 0 bridgehead atoms. The second-order valence-electron chi connectivity index (χ2n) is 7.37. The molecule has 1 N–H and O–H groups in total. The van der Waals surface area contributed by atoms with Crippen molar-refractivity contribution in [1.82, 2.24) is 9.29 Å².